The van der Waals surface area contributed by atoms with Crippen molar-refractivity contribution in [3.8, 4) is 0 Å². The van der Waals surface area contributed by atoms with Gasteiger partial charge in [-0.3, -0.25) is 9.59 Å². The molecule has 0 aromatic carbocycles. The highest BCUT2D eigenvalue weighted by molar-refractivity contribution is 5.72. The molecule has 0 spiro atoms. The van der Waals surface area contributed by atoms with Crippen molar-refractivity contribution in [2.45, 2.75) is 123 Å². The molecule has 5 fully saturated rings. The first-order valence-electron chi connectivity index (χ1n) is 13.7. The van der Waals surface area contributed by atoms with Crippen molar-refractivity contribution in [2.24, 2.45) is 40.4 Å². The molecular weight excluding hydrogens is 400 g/mol. The molecule has 5 aliphatic rings. The molecule has 5 rings (SSSR count). The Kier molecular flexibility index (Phi) is 6.12. The first kappa shape index (κ1) is 22.7. The van der Waals surface area contributed by atoms with E-state index in [0.29, 0.717) is 17.3 Å². The Morgan fingerprint density at radius 2 is 1.47 bits per heavy atom. The molecule has 0 aromatic heterocycles. The molecule has 0 N–H and O–H groups in total. The summed E-state index contributed by atoms with van der Waals surface area (Å²) in [6, 6.07) is 0. The number of hydrogen-bond acceptors (Lipinski definition) is 4. The highest BCUT2D eigenvalue weighted by atomic mass is 16.5. The molecule has 0 saturated heterocycles. The van der Waals surface area contributed by atoms with Crippen LogP contribution in [-0.2, 0) is 19.1 Å². The number of rotatable bonds is 3. The van der Waals surface area contributed by atoms with Crippen LogP contribution in [0, 0.1) is 40.4 Å². The van der Waals surface area contributed by atoms with E-state index in [4.69, 9.17) is 9.47 Å². The average molecular weight is 445 g/mol. The Labute approximate surface area is 194 Å². The van der Waals surface area contributed by atoms with E-state index in [1.165, 1.54) is 57.8 Å². The van der Waals surface area contributed by atoms with Gasteiger partial charge in [-0.1, -0.05) is 33.1 Å². The van der Waals surface area contributed by atoms with Crippen molar-refractivity contribution in [2.75, 3.05) is 0 Å². The molecule has 5 saturated carbocycles. The number of ether oxygens (including phenoxy) is 2. The summed E-state index contributed by atoms with van der Waals surface area (Å²) in [5, 5.41) is 0. The van der Waals surface area contributed by atoms with Gasteiger partial charge in [0.05, 0.1) is 5.92 Å². The van der Waals surface area contributed by atoms with Crippen molar-refractivity contribution in [1.29, 1.82) is 0 Å². The summed E-state index contributed by atoms with van der Waals surface area (Å²) in [5.41, 5.74) is 0.557. The van der Waals surface area contributed by atoms with Gasteiger partial charge in [0.25, 0.3) is 0 Å². The van der Waals surface area contributed by atoms with Crippen molar-refractivity contribution in [3.05, 3.63) is 0 Å². The molecule has 0 heterocycles. The number of esters is 2. The first-order chi connectivity index (χ1) is 15.3. The predicted octanol–water partition coefficient (Wildman–Crippen LogP) is 6.45. The maximum absolute atomic E-state index is 12.9. The van der Waals surface area contributed by atoms with E-state index in [-0.39, 0.29) is 35.5 Å². The molecule has 0 radical (unpaired) electrons. The van der Waals surface area contributed by atoms with E-state index in [9.17, 15) is 9.59 Å². The van der Waals surface area contributed by atoms with Gasteiger partial charge in [-0.2, -0.15) is 0 Å². The normalized spacial score (nSPS) is 46.5. The average Bonchev–Trinajstić information content (AvgIpc) is 3.10. The quantitative estimate of drug-likeness (QED) is 0.469. The van der Waals surface area contributed by atoms with Crippen molar-refractivity contribution < 1.29 is 19.1 Å². The third-order valence-electron chi connectivity index (χ3n) is 11.1. The lowest BCUT2D eigenvalue weighted by Gasteiger charge is -2.60. The fraction of sp³-hybridized carbons (Fsp3) is 0.929. The predicted molar refractivity (Wildman–Crippen MR) is 124 cm³/mol. The third kappa shape index (κ3) is 3.82. The third-order valence-corrected chi connectivity index (χ3v) is 11.1. The van der Waals surface area contributed by atoms with Crippen LogP contribution in [0.5, 0.6) is 0 Å². The van der Waals surface area contributed by atoms with E-state index < -0.39 is 0 Å². The number of hydrogen-bond donors (Lipinski definition) is 0. The summed E-state index contributed by atoms with van der Waals surface area (Å²) in [7, 11) is 0. The van der Waals surface area contributed by atoms with Gasteiger partial charge in [-0.15, -0.1) is 0 Å². The molecule has 5 aliphatic carbocycles. The summed E-state index contributed by atoms with van der Waals surface area (Å²) in [5.74, 6) is 3.09. The Balaban J connectivity index is 1.26. The van der Waals surface area contributed by atoms with Gasteiger partial charge >= 0.3 is 11.9 Å². The molecule has 0 unspecified atom stereocenters. The molecule has 8 atom stereocenters. The zero-order valence-electron chi connectivity index (χ0n) is 20.6. The van der Waals surface area contributed by atoms with Crippen molar-refractivity contribution >= 4 is 11.9 Å². The van der Waals surface area contributed by atoms with Crippen LogP contribution in [-0.4, -0.2) is 24.1 Å². The van der Waals surface area contributed by atoms with Crippen LogP contribution in [0.3, 0.4) is 0 Å². The lowest BCUT2D eigenvalue weighted by Crippen LogP contribution is -2.55. The fourth-order valence-corrected chi connectivity index (χ4v) is 9.28. The minimum atomic E-state index is -0.125. The Morgan fingerprint density at radius 3 is 2.22 bits per heavy atom. The number of carbonyl (C=O) groups excluding carboxylic acids is 2. The first-order valence-corrected chi connectivity index (χ1v) is 13.7. The van der Waals surface area contributed by atoms with Crippen LogP contribution < -0.4 is 0 Å². The standard InChI is InChI=1S/C28H44O4/c1-18(29)31-21-13-15-27(2)20(17-21)9-10-22-23-11-12-25(28(23,3)16-14-24(22)27)32-26(30)19-7-5-4-6-8-19/h19-25H,4-17H2,1-3H3/t20-,21-,22-,23-,24-,25-,27-,28-/m0/s1. The molecule has 0 aromatic rings. The van der Waals surface area contributed by atoms with Crippen LogP contribution in [0.4, 0.5) is 0 Å². The Morgan fingerprint density at radius 1 is 0.750 bits per heavy atom. The smallest absolute Gasteiger partial charge is 0.309 e. The molecule has 4 heteroatoms. The van der Waals surface area contributed by atoms with Gasteiger partial charge in [0.1, 0.15) is 12.2 Å². The number of fused-ring (bicyclic) bond motifs is 5. The second-order valence-electron chi connectivity index (χ2n) is 12.5. The minimum absolute atomic E-state index is 0.109. The van der Waals surface area contributed by atoms with E-state index >= 15 is 0 Å². The Hall–Kier alpha value is -1.06. The van der Waals surface area contributed by atoms with Crippen LogP contribution >= 0.6 is 0 Å². The van der Waals surface area contributed by atoms with Crippen LogP contribution in [0.2, 0.25) is 0 Å². The molecular formula is C28H44O4. The monoisotopic (exact) mass is 444 g/mol. The van der Waals surface area contributed by atoms with E-state index in [2.05, 4.69) is 13.8 Å². The molecule has 0 aliphatic heterocycles. The Bertz CT molecular complexity index is 727. The lowest BCUT2D eigenvalue weighted by atomic mass is 9.45. The SMILES string of the molecule is CC(=O)O[C@H]1CC[C@@]2(C)[C@@H](CC[C@@H]3[C@@H]2CC[C@]2(C)[C@@H](OC(=O)C4CCCCC4)CC[C@@H]32)C1. The highest BCUT2D eigenvalue weighted by Gasteiger charge is 2.61. The van der Waals surface area contributed by atoms with Crippen molar-refractivity contribution in [3.63, 3.8) is 0 Å². The maximum Gasteiger partial charge on any atom is 0.309 e. The van der Waals surface area contributed by atoms with Crippen LogP contribution in [0.25, 0.3) is 0 Å². The van der Waals surface area contributed by atoms with Crippen LogP contribution in [0.1, 0.15) is 111 Å². The van der Waals surface area contributed by atoms with E-state index in [0.717, 1.165) is 43.9 Å². The summed E-state index contributed by atoms with van der Waals surface area (Å²) in [4.78, 5) is 24.4. The second-order valence-corrected chi connectivity index (χ2v) is 12.5. The maximum atomic E-state index is 12.9. The van der Waals surface area contributed by atoms with Crippen LogP contribution in [0.15, 0.2) is 0 Å². The largest absolute Gasteiger partial charge is 0.463 e. The van der Waals surface area contributed by atoms with Gasteiger partial charge in [-0.05, 0) is 99.7 Å². The van der Waals surface area contributed by atoms with Gasteiger partial charge in [0.15, 0.2) is 0 Å². The van der Waals surface area contributed by atoms with E-state index in [1.807, 2.05) is 0 Å². The summed E-state index contributed by atoms with van der Waals surface area (Å²) < 4.78 is 11.9. The molecule has 0 amide bonds. The van der Waals surface area contributed by atoms with Gasteiger partial charge in [-0.25, -0.2) is 0 Å². The van der Waals surface area contributed by atoms with Gasteiger partial charge in [0, 0.05) is 12.3 Å². The second kappa shape index (κ2) is 8.62. The molecule has 32 heavy (non-hydrogen) atoms. The van der Waals surface area contributed by atoms with Gasteiger partial charge in [0.2, 0.25) is 0 Å². The van der Waals surface area contributed by atoms with Gasteiger partial charge < -0.3 is 9.47 Å². The zero-order chi connectivity index (χ0) is 22.5. The fourth-order valence-electron chi connectivity index (χ4n) is 9.28. The highest BCUT2D eigenvalue weighted by Crippen LogP contribution is 2.66. The summed E-state index contributed by atoms with van der Waals surface area (Å²) in [6.07, 6.45) is 16.6. The zero-order valence-corrected chi connectivity index (χ0v) is 20.6. The molecule has 4 nitrogen and oxygen atoms in total. The van der Waals surface area contributed by atoms with Crippen molar-refractivity contribution in [1.82, 2.24) is 0 Å². The topological polar surface area (TPSA) is 52.6 Å². The van der Waals surface area contributed by atoms with E-state index in [1.54, 1.807) is 6.92 Å². The number of carbonyl (C=O) groups is 2. The summed E-state index contributed by atoms with van der Waals surface area (Å²) in [6.45, 7) is 6.55. The molecule has 0 bridgehead atoms. The minimum Gasteiger partial charge on any atom is -0.463 e. The molecule has 180 valence electrons. The lowest BCUT2D eigenvalue weighted by molar-refractivity contribution is -0.172. The summed E-state index contributed by atoms with van der Waals surface area (Å²) >= 11 is 0.